The van der Waals surface area contributed by atoms with Crippen LogP contribution in [0.25, 0.3) is 0 Å². The summed E-state index contributed by atoms with van der Waals surface area (Å²) < 4.78 is 26.5. The molecule has 0 spiro atoms. The van der Waals surface area contributed by atoms with Gasteiger partial charge in [0.2, 0.25) is 0 Å². The Labute approximate surface area is 193 Å². The van der Waals surface area contributed by atoms with E-state index >= 15 is 0 Å². The Morgan fingerprint density at radius 3 is 2.59 bits per heavy atom. The van der Waals surface area contributed by atoms with Crippen molar-refractivity contribution in [2.45, 2.75) is 32.4 Å². The lowest BCUT2D eigenvalue weighted by atomic mass is 10.1. The highest BCUT2D eigenvalue weighted by molar-refractivity contribution is 7.53. The van der Waals surface area contributed by atoms with Gasteiger partial charge in [0.25, 0.3) is 0 Å². The Morgan fingerprint density at radius 2 is 1.94 bits per heavy atom. The number of halogens is 1. The third-order valence-electron chi connectivity index (χ3n) is 4.47. The van der Waals surface area contributed by atoms with Gasteiger partial charge in [0, 0.05) is 17.6 Å². The summed E-state index contributed by atoms with van der Waals surface area (Å²) >= 11 is 5.96. The topological polar surface area (TPSA) is 114 Å². The van der Waals surface area contributed by atoms with Crippen molar-refractivity contribution < 1.29 is 33.4 Å². The van der Waals surface area contributed by atoms with Gasteiger partial charge >= 0.3 is 13.6 Å². The predicted octanol–water partition coefficient (Wildman–Crippen LogP) is 3.70. The summed E-state index contributed by atoms with van der Waals surface area (Å²) in [5.41, 5.74) is 1.81. The van der Waals surface area contributed by atoms with Crippen LogP contribution in [-0.4, -0.2) is 48.1 Å². The summed E-state index contributed by atoms with van der Waals surface area (Å²) in [5.74, 6) is -0.340. The Balaban J connectivity index is 1.73. The molecule has 0 radical (unpaired) electrons. The molecule has 3 N–H and O–H groups in total. The van der Waals surface area contributed by atoms with Crippen LogP contribution in [0.2, 0.25) is 5.02 Å². The maximum atomic E-state index is 11.8. The number of hydrogen-bond acceptors (Lipinski definition) is 7. The van der Waals surface area contributed by atoms with Crippen LogP contribution in [0.1, 0.15) is 31.1 Å². The molecule has 176 valence electrons. The molecule has 0 aliphatic heterocycles. The van der Waals surface area contributed by atoms with E-state index in [-0.39, 0.29) is 12.6 Å². The van der Waals surface area contributed by atoms with Crippen LogP contribution in [0.4, 0.5) is 0 Å². The molecule has 3 unspecified atom stereocenters. The van der Waals surface area contributed by atoms with Crippen LogP contribution in [0.5, 0.6) is 5.75 Å². The van der Waals surface area contributed by atoms with E-state index in [1.807, 2.05) is 25.1 Å². The third kappa shape index (κ3) is 9.69. The predicted molar refractivity (Wildman–Crippen MR) is 122 cm³/mol. The van der Waals surface area contributed by atoms with Crippen molar-refractivity contribution in [3.05, 3.63) is 64.7 Å². The number of ether oxygens (including phenoxy) is 2. The zero-order chi connectivity index (χ0) is 23.6. The van der Waals surface area contributed by atoms with Gasteiger partial charge in [0.1, 0.15) is 11.9 Å². The number of aliphatic hydroxyl groups is 1. The van der Waals surface area contributed by atoms with E-state index in [1.165, 1.54) is 0 Å². The van der Waals surface area contributed by atoms with Gasteiger partial charge in [-0.2, -0.15) is 0 Å². The lowest BCUT2D eigenvalue weighted by Gasteiger charge is -2.18. The average molecular weight is 486 g/mol. The second-order valence-electron chi connectivity index (χ2n) is 7.22. The Kier molecular flexibility index (Phi) is 10.6. The number of hydrogen-bond donors (Lipinski definition) is 3. The van der Waals surface area contributed by atoms with Gasteiger partial charge in [0.15, 0.2) is 6.79 Å². The molecule has 3 atom stereocenters. The maximum absolute atomic E-state index is 11.8. The molecule has 0 saturated carbocycles. The number of carbonyl (C=O) groups is 1. The van der Waals surface area contributed by atoms with Crippen LogP contribution in [0.3, 0.4) is 0 Å². The van der Waals surface area contributed by atoms with Gasteiger partial charge in [-0.1, -0.05) is 35.9 Å². The summed E-state index contributed by atoms with van der Waals surface area (Å²) in [4.78, 5) is 20.9. The molecule has 0 heterocycles. The Bertz CT molecular complexity index is 909. The molecule has 32 heavy (non-hydrogen) atoms. The van der Waals surface area contributed by atoms with Crippen LogP contribution < -0.4 is 10.1 Å². The molecule has 0 aliphatic carbocycles. The molecule has 0 aromatic heterocycles. The van der Waals surface area contributed by atoms with Gasteiger partial charge in [-0.15, -0.1) is 0 Å². The second kappa shape index (κ2) is 12.9. The lowest BCUT2D eigenvalue weighted by molar-refractivity contribution is -0.140. The van der Waals surface area contributed by atoms with Gasteiger partial charge in [-0.05, 0) is 55.7 Å². The molecule has 2 rings (SSSR count). The quantitative estimate of drug-likeness (QED) is 0.223. The number of rotatable bonds is 13. The fourth-order valence-corrected chi connectivity index (χ4v) is 3.81. The second-order valence-corrected chi connectivity index (χ2v) is 9.51. The van der Waals surface area contributed by atoms with Crippen LogP contribution in [0, 0.1) is 0 Å². The van der Waals surface area contributed by atoms with E-state index in [0.29, 0.717) is 17.3 Å². The molecule has 2 aromatic carbocycles. The van der Waals surface area contributed by atoms with Crippen molar-refractivity contribution in [1.29, 1.82) is 0 Å². The van der Waals surface area contributed by atoms with Crippen LogP contribution in [-0.2, 0) is 25.0 Å². The minimum atomic E-state index is -4.12. The molecule has 0 aliphatic rings. The number of esters is 1. The summed E-state index contributed by atoms with van der Waals surface area (Å²) in [7, 11) is -4.12. The molecule has 2 aromatic rings. The highest BCUT2D eigenvalue weighted by Crippen LogP contribution is 2.41. The largest absolute Gasteiger partial charge is 0.467 e. The molecule has 0 saturated heterocycles. The first-order chi connectivity index (χ1) is 15.2. The van der Waals surface area contributed by atoms with Crippen molar-refractivity contribution in [1.82, 2.24) is 5.32 Å². The zero-order valence-corrected chi connectivity index (χ0v) is 19.7. The van der Waals surface area contributed by atoms with E-state index in [1.54, 1.807) is 37.3 Å². The number of benzene rings is 2. The van der Waals surface area contributed by atoms with Crippen molar-refractivity contribution in [3.63, 3.8) is 0 Å². The van der Waals surface area contributed by atoms with Gasteiger partial charge in [-0.3, -0.25) is 13.9 Å². The van der Waals surface area contributed by atoms with E-state index < -0.39 is 32.6 Å². The lowest BCUT2D eigenvalue weighted by Crippen LogP contribution is -2.32. The minimum Gasteiger partial charge on any atom is -0.467 e. The summed E-state index contributed by atoms with van der Waals surface area (Å²) in [6, 6.07) is 14.4. The number of carbonyl (C=O) groups excluding carboxylic acids is 1. The first-order valence-corrected chi connectivity index (χ1v) is 12.3. The highest BCUT2D eigenvalue weighted by atomic mass is 35.5. The first-order valence-electron chi connectivity index (χ1n) is 10.2. The molecule has 0 fully saturated rings. The number of nitrogens with one attached hydrogen (secondary N) is 1. The molecular formula is C22H29ClNO7P. The summed E-state index contributed by atoms with van der Waals surface area (Å²) in [5, 5.41) is 14.2. The summed E-state index contributed by atoms with van der Waals surface area (Å²) in [6.45, 7) is 3.68. The van der Waals surface area contributed by atoms with E-state index in [2.05, 4.69) is 10.1 Å². The van der Waals surface area contributed by atoms with Gasteiger partial charge in [-0.25, -0.2) is 0 Å². The van der Waals surface area contributed by atoms with Crippen LogP contribution >= 0.6 is 19.2 Å². The smallest absolute Gasteiger partial charge is 0.342 e. The summed E-state index contributed by atoms with van der Waals surface area (Å²) in [6.07, 6.45) is -0.650. The fourth-order valence-electron chi connectivity index (χ4n) is 2.88. The normalized spacial score (nSPS) is 14.9. The average Bonchev–Trinajstić information content (AvgIpc) is 2.73. The Hall–Kier alpha value is -1.93. The van der Waals surface area contributed by atoms with Crippen molar-refractivity contribution in [3.8, 4) is 5.75 Å². The van der Waals surface area contributed by atoms with Gasteiger partial charge < -0.3 is 24.8 Å². The first kappa shape index (κ1) is 26.3. The third-order valence-corrected chi connectivity index (χ3v) is 5.87. The standard InChI is InChI=1S/C22H29ClNO7P/c1-3-29-22(26)14-32(27,28)31-15-30-20-9-7-17(8-10-20)11-16(2)24-13-21(25)18-5-4-6-19(23)12-18/h4-10,12,16,21,24-25H,3,11,13-15H2,1-2H3,(H,27,28). The van der Waals surface area contributed by atoms with E-state index in [4.69, 9.17) is 20.9 Å². The Morgan fingerprint density at radius 1 is 1.22 bits per heavy atom. The zero-order valence-electron chi connectivity index (χ0n) is 18.1. The van der Waals surface area contributed by atoms with Crippen molar-refractivity contribution in [2.75, 3.05) is 26.1 Å². The SMILES string of the molecule is CCOC(=O)CP(=O)(O)OCOc1ccc(CC(C)NCC(O)c2cccc(Cl)c2)cc1. The maximum Gasteiger partial charge on any atom is 0.342 e. The highest BCUT2D eigenvalue weighted by Gasteiger charge is 2.25. The van der Waals surface area contributed by atoms with Gasteiger partial charge in [0.05, 0.1) is 12.7 Å². The molecule has 8 nitrogen and oxygen atoms in total. The fraction of sp³-hybridized carbons (Fsp3) is 0.409. The molecular weight excluding hydrogens is 457 g/mol. The van der Waals surface area contributed by atoms with Crippen molar-refractivity contribution >= 4 is 25.2 Å². The van der Waals surface area contributed by atoms with Crippen molar-refractivity contribution in [2.24, 2.45) is 0 Å². The molecule has 10 heteroatoms. The van der Waals surface area contributed by atoms with E-state index in [0.717, 1.165) is 17.5 Å². The van der Waals surface area contributed by atoms with E-state index in [9.17, 15) is 19.4 Å². The van der Waals surface area contributed by atoms with Crippen LogP contribution in [0.15, 0.2) is 48.5 Å². The molecule has 0 amide bonds. The molecule has 0 bridgehead atoms. The minimum absolute atomic E-state index is 0.113. The number of aliphatic hydroxyl groups excluding tert-OH is 1. The monoisotopic (exact) mass is 485 g/mol.